The van der Waals surface area contributed by atoms with Gasteiger partial charge in [0.1, 0.15) is 0 Å². The van der Waals surface area contributed by atoms with Gasteiger partial charge in [-0.3, -0.25) is 9.59 Å². The molecule has 0 aliphatic carbocycles. The minimum atomic E-state index is -0.0928. The Balaban J connectivity index is 1.55. The number of rotatable bonds is 5. The van der Waals surface area contributed by atoms with E-state index in [1.807, 2.05) is 49.9 Å². The fourth-order valence-corrected chi connectivity index (χ4v) is 3.93. The van der Waals surface area contributed by atoms with Crippen LogP contribution in [0.4, 0.5) is 11.4 Å². The first-order valence-electron chi connectivity index (χ1n) is 10.4. The van der Waals surface area contributed by atoms with E-state index in [1.165, 1.54) is 18.4 Å². The minimum Gasteiger partial charge on any atom is -0.376 e. The van der Waals surface area contributed by atoms with E-state index in [1.54, 1.807) is 0 Å². The number of benzene rings is 2. The van der Waals surface area contributed by atoms with Crippen molar-refractivity contribution in [3.63, 3.8) is 0 Å². The number of anilines is 2. The number of nitrogens with one attached hydrogen (secondary N) is 2. The van der Waals surface area contributed by atoms with Gasteiger partial charge < -0.3 is 15.5 Å². The second kappa shape index (κ2) is 9.59. The fraction of sp³-hybridized carbons (Fsp3) is 0.417. The first-order chi connectivity index (χ1) is 13.9. The third-order valence-corrected chi connectivity index (χ3v) is 5.42. The molecule has 1 aliphatic heterocycles. The molecule has 3 rings (SSSR count). The van der Waals surface area contributed by atoms with E-state index in [4.69, 9.17) is 0 Å². The van der Waals surface area contributed by atoms with Crippen molar-refractivity contribution in [3.8, 4) is 0 Å². The van der Waals surface area contributed by atoms with E-state index in [-0.39, 0.29) is 18.4 Å². The van der Waals surface area contributed by atoms with Crippen LogP contribution in [0.5, 0.6) is 0 Å². The smallest absolute Gasteiger partial charge is 0.253 e. The van der Waals surface area contributed by atoms with Crippen LogP contribution in [0.3, 0.4) is 0 Å². The summed E-state index contributed by atoms with van der Waals surface area (Å²) in [5, 5.41) is 6.13. The summed E-state index contributed by atoms with van der Waals surface area (Å²) in [6, 6.07) is 11.5. The first kappa shape index (κ1) is 20.9. The molecule has 0 radical (unpaired) electrons. The largest absolute Gasteiger partial charge is 0.376 e. The monoisotopic (exact) mass is 393 g/mol. The van der Waals surface area contributed by atoms with Gasteiger partial charge in [-0.15, -0.1) is 0 Å². The van der Waals surface area contributed by atoms with Crippen LogP contribution in [0.25, 0.3) is 0 Å². The predicted molar refractivity (Wildman–Crippen MR) is 119 cm³/mol. The standard InChI is InChI=1S/C24H31N3O2/c1-17-14-18(2)23(19(3)15-17)26-22(28)16-25-21-10-8-20(9-11-21)24(29)27-12-6-4-5-7-13-27/h8-11,14-15,25H,4-7,12-13,16H2,1-3H3,(H,26,28). The van der Waals surface area contributed by atoms with Crippen molar-refractivity contribution in [1.82, 2.24) is 4.90 Å². The third-order valence-electron chi connectivity index (χ3n) is 5.42. The van der Waals surface area contributed by atoms with Crippen LogP contribution < -0.4 is 10.6 Å². The van der Waals surface area contributed by atoms with E-state index in [2.05, 4.69) is 22.8 Å². The van der Waals surface area contributed by atoms with Crippen LogP contribution in [0.15, 0.2) is 36.4 Å². The molecule has 0 atom stereocenters. The number of carbonyl (C=O) groups is 2. The molecule has 0 spiro atoms. The van der Waals surface area contributed by atoms with Crippen LogP contribution in [0.2, 0.25) is 0 Å². The average Bonchev–Trinajstić information content (AvgIpc) is 2.98. The van der Waals surface area contributed by atoms with Crippen molar-refractivity contribution < 1.29 is 9.59 Å². The van der Waals surface area contributed by atoms with Crippen LogP contribution in [-0.2, 0) is 4.79 Å². The molecule has 5 nitrogen and oxygen atoms in total. The lowest BCUT2D eigenvalue weighted by Crippen LogP contribution is -2.31. The first-order valence-corrected chi connectivity index (χ1v) is 10.4. The predicted octanol–water partition coefficient (Wildman–Crippen LogP) is 4.68. The maximum atomic E-state index is 12.7. The highest BCUT2D eigenvalue weighted by Crippen LogP contribution is 2.22. The van der Waals surface area contributed by atoms with Crippen LogP contribution in [0, 0.1) is 20.8 Å². The molecule has 0 bridgehead atoms. The third kappa shape index (κ3) is 5.59. The Morgan fingerprint density at radius 1 is 0.897 bits per heavy atom. The van der Waals surface area contributed by atoms with E-state index in [9.17, 15) is 9.59 Å². The lowest BCUT2D eigenvalue weighted by atomic mass is 10.1. The van der Waals surface area contributed by atoms with Gasteiger partial charge in [-0.05, 0) is 69.0 Å². The van der Waals surface area contributed by atoms with E-state index >= 15 is 0 Å². The number of hydrogen-bond donors (Lipinski definition) is 2. The van der Waals surface area contributed by atoms with Crippen molar-refractivity contribution in [3.05, 3.63) is 58.7 Å². The lowest BCUT2D eigenvalue weighted by molar-refractivity contribution is -0.114. The summed E-state index contributed by atoms with van der Waals surface area (Å²) in [4.78, 5) is 27.0. The molecule has 2 aromatic rings. The Kier molecular flexibility index (Phi) is 6.91. The molecule has 1 saturated heterocycles. The summed E-state index contributed by atoms with van der Waals surface area (Å²) < 4.78 is 0. The molecular formula is C24H31N3O2. The Bertz CT molecular complexity index is 843. The van der Waals surface area contributed by atoms with Crippen LogP contribution >= 0.6 is 0 Å². The molecule has 2 N–H and O–H groups in total. The Labute approximate surface area is 173 Å². The maximum Gasteiger partial charge on any atom is 0.253 e. The zero-order chi connectivity index (χ0) is 20.8. The van der Waals surface area contributed by atoms with E-state index in [0.29, 0.717) is 5.56 Å². The van der Waals surface area contributed by atoms with Gasteiger partial charge in [-0.2, -0.15) is 0 Å². The van der Waals surface area contributed by atoms with Gasteiger partial charge in [-0.25, -0.2) is 0 Å². The molecule has 1 fully saturated rings. The Morgan fingerprint density at radius 2 is 1.48 bits per heavy atom. The number of hydrogen-bond acceptors (Lipinski definition) is 3. The molecule has 0 aromatic heterocycles. The normalized spacial score (nSPS) is 14.2. The molecule has 2 amide bonds. The number of aryl methyl sites for hydroxylation is 3. The van der Waals surface area contributed by atoms with Crippen molar-refractivity contribution in [2.45, 2.75) is 46.5 Å². The van der Waals surface area contributed by atoms with Gasteiger partial charge in [0.25, 0.3) is 5.91 Å². The summed E-state index contributed by atoms with van der Waals surface area (Å²) in [7, 11) is 0. The summed E-state index contributed by atoms with van der Waals surface area (Å²) in [6.45, 7) is 7.92. The van der Waals surface area contributed by atoms with Crippen LogP contribution in [-0.4, -0.2) is 36.3 Å². The fourth-order valence-electron chi connectivity index (χ4n) is 3.93. The van der Waals surface area contributed by atoms with Gasteiger partial charge in [-0.1, -0.05) is 30.5 Å². The highest BCUT2D eigenvalue weighted by Gasteiger charge is 2.17. The minimum absolute atomic E-state index is 0.0928. The lowest BCUT2D eigenvalue weighted by Gasteiger charge is -2.20. The van der Waals surface area contributed by atoms with Crippen molar-refractivity contribution in [1.29, 1.82) is 0 Å². The van der Waals surface area contributed by atoms with Gasteiger partial charge in [0.15, 0.2) is 0 Å². The topological polar surface area (TPSA) is 61.4 Å². The van der Waals surface area contributed by atoms with Gasteiger partial charge in [0.05, 0.1) is 6.54 Å². The molecule has 154 valence electrons. The second-order valence-electron chi connectivity index (χ2n) is 7.96. The molecule has 29 heavy (non-hydrogen) atoms. The summed E-state index contributed by atoms with van der Waals surface area (Å²) >= 11 is 0. The van der Waals surface area contributed by atoms with Crippen molar-refractivity contribution >= 4 is 23.2 Å². The molecule has 1 heterocycles. The second-order valence-corrected chi connectivity index (χ2v) is 7.96. The van der Waals surface area contributed by atoms with Gasteiger partial charge in [0, 0.05) is 30.0 Å². The summed E-state index contributed by atoms with van der Waals surface area (Å²) in [6.07, 6.45) is 4.58. The molecule has 5 heteroatoms. The number of amides is 2. The zero-order valence-electron chi connectivity index (χ0n) is 17.7. The average molecular weight is 394 g/mol. The van der Waals surface area contributed by atoms with Crippen molar-refractivity contribution in [2.24, 2.45) is 0 Å². The van der Waals surface area contributed by atoms with E-state index < -0.39 is 0 Å². The highest BCUT2D eigenvalue weighted by atomic mass is 16.2. The Hall–Kier alpha value is -2.82. The molecule has 1 aliphatic rings. The molecule has 0 unspecified atom stereocenters. The number of nitrogens with zero attached hydrogens (tertiary/aromatic N) is 1. The van der Waals surface area contributed by atoms with Crippen molar-refractivity contribution in [2.75, 3.05) is 30.3 Å². The molecule has 2 aromatic carbocycles. The highest BCUT2D eigenvalue weighted by molar-refractivity contribution is 5.96. The quantitative estimate of drug-likeness (QED) is 0.775. The van der Waals surface area contributed by atoms with Gasteiger partial charge in [0.2, 0.25) is 5.91 Å². The van der Waals surface area contributed by atoms with Crippen LogP contribution in [0.1, 0.15) is 52.7 Å². The van der Waals surface area contributed by atoms with Gasteiger partial charge >= 0.3 is 0 Å². The molecular weight excluding hydrogens is 362 g/mol. The molecule has 0 saturated carbocycles. The SMILES string of the molecule is Cc1cc(C)c(NC(=O)CNc2ccc(C(=O)N3CCCCCC3)cc2)c(C)c1. The Morgan fingerprint density at radius 3 is 2.07 bits per heavy atom. The zero-order valence-corrected chi connectivity index (χ0v) is 17.7. The number of carbonyl (C=O) groups excluding carboxylic acids is 2. The number of likely N-dealkylation sites (tertiary alicyclic amines) is 1. The summed E-state index contributed by atoms with van der Waals surface area (Å²) in [5.74, 6) is 0.00582. The van der Waals surface area contributed by atoms with E-state index in [0.717, 1.165) is 48.4 Å². The summed E-state index contributed by atoms with van der Waals surface area (Å²) in [5.41, 5.74) is 5.71. The maximum absolute atomic E-state index is 12.7.